The molecule has 0 saturated heterocycles. The van der Waals surface area contributed by atoms with Gasteiger partial charge in [0.25, 0.3) is 0 Å². The molecule has 1 aromatic rings. The predicted octanol–water partition coefficient (Wildman–Crippen LogP) is 3.35. The van der Waals surface area contributed by atoms with Crippen molar-refractivity contribution >= 4 is 13.2 Å². The van der Waals surface area contributed by atoms with E-state index in [-0.39, 0.29) is 7.92 Å². The molecule has 0 bridgehead atoms. The molecule has 0 fully saturated rings. The van der Waals surface area contributed by atoms with Gasteiger partial charge in [0, 0.05) is 0 Å². The number of benzene rings is 1. The van der Waals surface area contributed by atoms with E-state index in [9.17, 15) is 0 Å². The molecule has 0 aliphatic rings. The fraction of sp³-hybridized carbons (Fsp3) is 0.500. The third kappa shape index (κ3) is 3.48. The summed E-state index contributed by atoms with van der Waals surface area (Å²) in [4.78, 5) is 0. The van der Waals surface area contributed by atoms with E-state index in [0.717, 1.165) is 0 Å². The molecule has 0 unspecified atom stereocenters. The molecule has 1 rings (SSSR count). The van der Waals surface area contributed by atoms with Crippen LogP contribution in [0.5, 0.6) is 0 Å². The first-order valence-corrected chi connectivity index (χ1v) is 7.20. The third-order valence-corrected chi connectivity index (χ3v) is 5.64. The van der Waals surface area contributed by atoms with Gasteiger partial charge in [-0.2, -0.15) is 0 Å². The Morgan fingerprint density at radius 1 is 0.923 bits per heavy atom. The number of hydrogen-bond donors (Lipinski definition) is 0. The Morgan fingerprint density at radius 2 is 1.46 bits per heavy atom. The quantitative estimate of drug-likeness (QED) is 0.632. The van der Waals surface area contributed by atoms with Crippen LogP contribution in [0.15, 0.2) is 30.3 Å². The lowest BCUT2D eigenvalue weighted by atomic mass is 10.4. The minimum atomic E-state index is -0.224. The van der Waals surface area contributed by atoms with Crippen LogP contribution in [0.25, 0.3) is 0 Å². The molecule has 1 aromatic carbocycles. The molecule has 0 saturated carbocycles. The van der Waals surface area contributed by atoms with E-state index in [1.165, 1.54) is 25.2 Å². The van der Waals surface area contributed by atoms with Gasteiger partial charge in [-0.1, -0.05) is 57.0 Å². The molecule has 0 aliphatic heterocycles. The van der Waals surface area contributed by atoms with Crippen LogP contribution in [0.1, 0.15) is 26.7 Å². The Hall–Kier alpha value is -0.350. The van der Waals surface area contributed by atoms with Crippen LogP contribution in [-0.2, 0) is 0 Å². The molecule has 1 radical (unpaired) electrons. The molecule has 0 atom stereocenters. The van der Waals surface area contributed by atoms with Crippen molar-refractivity contribution in [3.8, 4) is 0 Å². The Kier molecular flexibility index (Phi) is 5.08. The van der Waals surface area contributed by atoms with Crippen molar-refractivity contribution in [3.63, 3.8) is 0 Å². The van der Waals surface area contributed by atoms with Crippen LogP contribution >= 0.6 is 7.92 Å². The maximum absolute atomic E-state index is 2.31. The molecule has 0 N–H and O–H groups in total. The van der Waals surface area contributed by atoms with E-state index < -0.39 is 0 Å². The van der Waals surface area contributed by atoms with Gasteiger partial charge in [0.15, 0.2) is 0 Å². The van der Waals surface area contributed by atoms with Crippen LogP contribution in [0, 0.1) is 0 Å². The van der Waals surface area contributed by atoms with Crippen LogP contribution in [0.4, 0.5) is 0 Å². The van der Waals surface area contributed by atoms with Crippen LogP contribution < -0.4 is 5.30 Å². The van der Waals surface area contributed by atoms with E-state index in [4.69, 9.17) is 0 Å². The summed E-state index contributed by atoms with van der Waals surface area (Å²) in [6.07, 6.45) is 5.54. The monoisotopic (exact) mass is 195 g/mol. The summed E-state index contributed by atoms with van der Waals surface area (Å²) >= 11 is 0. The fourth-order valence-corrected chi connectivity index (χ4v) is 4.39. The number of rotatable bonds is 5. The average molecular weight is 195 g/mol. The zero-order valence-electron chi connectivity index (χ0n) is 8.72. The summed E-state index contributed by atoms with van der Waals surface area (Å²) < 4.78 is 0. The van der Waals surface area contributed by atoms with Crippen molar-refractivity contribution in [3.05, 3.63) is 30.3 Å². The van der Waals surface area contributed by atoms with Crippen molar-refractivity contribution in [2.75, 3.05) is 12.3 Å². The van der Waals surface area contributed by atoms with Gasteiger partial charge in [0.05, 0.1) is 0 Å². The third-order valence-electron chi connectivity index (χ3n) is 2.29. The number of hydrogen-bond acceptors (Lipinski definition) is 0. The summed E-state index contributed by atoms with van der Waals surface area (Å²) in [6.45, 7) is 4.59. The van der Waals surface area contributed by atoms with Crippen molar-refractivity contribution in [1.82, 2.24) is 0 Å². The normalized spacial score (nSPS) is 10.7. The predicted molar refractivity (Wildman–Crippen MR) is 64.7 cm³/mol. The lowest BCUT2D eigenvalue weighted by molar-refractivity contribution is 1.06. The van der Waals surface area contributed by atoms with Gasteiger partial charge in [-0.3, -0.25) is 0 Å². The summed E-state index contributed by atoms with van der Waals surface area (Å²) in [7, 11) is -0.224. The minimum absolute atomic E-state index is 0.224. The molecule has 0 aliphatic carbocycles. The summed E-state index contributed by atoms with van der Waals surface area (Å²) in [5, 5.41) is 1.62. The Bertz CT molecular complexity index is 212. The maximum Gasteiger partial charge on any atom is -0.0310 e. The van der Waals surface area contributed by atoms with Crippen LogP contribution in [-0.4, -0.2) is 12.3 Å². The second kappa shape index (κ2) is 6.16. The molecule has 1 heteroatoms. The van der Waals surface area contributed by atoms with E-state index in [1.807, 2.05) is 0 Å². The average Bonchev–Trinajstić information content (AvgIpc) is 2.19. The van der Waals surface area contributed by atoms with Gasteiger partial charge in [0.1, 0.15) is 0 Å². The van der Waals surface area contributed by atoms with E-state index in [0.29, 0.717) is 0 Å². The Morgan fingerprint density at radius 3 is 1.92 bits per heavy atom. The van der Waals surface area contributed by atoms with Crippen molar-refractivity contribution in [2.45, 2.75) is 26.7 Å². The highest BCUT2D eigenvalue weighted by atomic mass is 31.1. The first-order chi connectivity index (χ1) is 6.38. The topological polar surface area (TPSA) is 0 Å². The fourth-order valence-electron chi connectivity index (χ4n) is 1.69. The Labute approximate surface area is 83.1 Å². The first-order valence-electron chi connectivity index (χ1n) is 5.28. The van der Waals surface area contributed by atoms with E-state index in [2.05, 4.69) is 44.2 Å². The van der Waals surface area contributed by atoms with Gasteiger partial charge in [0.2, 0.25) is 0 Å². The molecule has 73 valence electrons. The molecule has 13 heavy (non-hydrogen) atoms. The second-order valence-corrected chi connectivity index (χ2v) is 6.25. The molecule has 0 nitrogen and oxygen atoms in total. The molecule has 0 heterocycles. The first kappa shape index (κ1) is 10.7. The van der Waals surface area contributed by atoms with E-state index in [1.54, 1.807) is 5.30 Å². The van der Waals surface area contributed by atoms with Crippen molar-refractivity contribution in [2.24, 2.45) is 0 Å². The highest BCUT2D eigenvalue weighted by Crippen LogP contribution is 2.35. The smallest absolute Gasteiger partial charge is 0.0310 e. The molecule has 0 amide bonds. The zero-order valence-corrected chi connectivity index (χ0v) is 9.72. The van der Waals surface area contributed by atoms with Gasteiger partial charge < -0.3 is 0 Å². The second-order valence-electron chi connectivity index (χ2n) is 3.47. The highest BCUT2D eigenvalue weighted by molar-refractivity contribution is 7.65. The van der Waals surface area contributed by atoms with Crippen molar-refractivity contribution < 1.29 is 0 Å². The van der Waals surface area contributed by atoms with Gasteiger partial charge in [-0.15, -0.1) is 7.92 Å². The molecule has 0 aromatic heterocycles. The molecular weight excluding hydrogens is 175 g/mol. The summed E-state index contributed by atoms with van der Waals surface area (Å²) in [5.74, 6) is 0. The zero-order chi connectivity index (χ0) is 9.52. The highest BCUT2D eigenvalue weighted by Gasteiger charge is 2.05. The van der Waals surface area contributed by atoms with Crippen molar-refractivity contribution in [1.29, 1.82) is 0 Å². The Balaban J connectivity index is 2.64. The largest absolute Gasteiger partial charge is 0.110 e. The SMILES string of the molecule is CCC[PH](CCC)c1ccccc1. The summed E-state index contributed by atoms with van der Waals surface area (Å²) in [5.41, 5.74) is 0. The lowest BCUT2D eigenvalue weighted by Gasteiger charge is -2.17. The maximum atomic E-state index is 2.31. The van der Waals surface area contributed by atoms with Gasteiger partial charge in [-0.25, -0.2) is 0 Å². The molecular formula is C12H20P. The van der Waals surface area contributed by atoms with Crippen LogP contribution in [0.2, 0.25) is 0 Å². The van der Waals surface area contributed by atoms with Crippen LogP contribution in [0.3, 0.4) is 0 Å². The standard InChI is InChI=1S/C12H20P/c1-3-10-13(11-4-2)12-8-6-5-7-9-12/h5-9,13H,3-4,10-11H2,1-2H3. The van der Waals surface area contributed by atoms with Gasteiger partial charge in [-0.05, 0) is 17.6 Å². The lowest BCUT2D eigenvalue weighted by Crippen LogP contribution is -2.04. The van der Waals surface area contributed by atoms with E-state index >= 15 is 0 Å². The van der Waals surface area contributed by atoms with Gasteiger partial charge >= 0.3 is 0 Å². The molecule has 0 spiro atoms. The minimum Gasteiger partial charge on any atom is -0.110 e. The summed E-state index contributed by atoms with van der Waals surface area (Å²) in [6, 6.07) is 11.1.